The summed E-state index contributed by atoms with van der Waals surface area (Å²) in [6.45, 7) is 6.63. The second kappa shape index (κ2) is 4.96. The Morgan fingerprint density at radius 1 is 1.39 bits per heavy atom. The van der Waals surface area contributed by atoms with Crippen molar-refractivity contribution in [1.82, 2.24) is 4.98 Å². The Hall–Kier alpha value is -0.960. The number of hydrogen-bond acceptors (Lipinski definition) is 2. The lowest BCUT2D eigenvalue weighted by molar-refractivity contribution is 0.108. The van der Waals surface area contributed by atoms with Crippen LogP contribution in [0.4, 0.5) is 4.39 Å². The lowest BCUT2D eigenvalue weighted by Crippen LogP contribution is -2.50. The predicted molar refractivity (Wildman–Crippen MR) is 71.4 cm³/mol. The van der Waals surface area contributed by atoms with Gasteiger partial charge in [0, 0.05) is 11.7 Å². The van der Waals surface area contributed by atoms with Gasteiger partial charge in [0.1, 0.15) is 5.82 Å². The molecule has 1 aromatic heterocycles. The second-order valence-electron chi connectivity index (χ2n) is 6.17. The first-order valence-corrected chi connectivity index (χ1v) is 6.83. The predicted octanol–water partition coefficient (Wildman–Crippen LogP) is 3.47. The quantitative estimate of drug-likeness (QED) is 0.873. The molecule has 1 aliphatic rings. The van der Waals surface area contributed by atoms with E-state index in [9.17, 15) is 4.39 Å². The molecule has 1 heterocycles. The molecule has 2 nitrogen and oxygen atoms in total. The van der Waals surface area contributed by atoms with Crippen LogP contribution in [0.25, 0.3) is 0 Å². The lowest BCUT2D eigenvalue weighted by atomic mass is 9.63. The van der Waals surface area contributed by atoms with Crippen LogP contribution < -0.4 is 5.73 Å². The van der Waals surface area contributed by atoms with E-state index in [-0.39, 0.29) is 5.82 Å². The molecule has 3 atom stereocenters. The summed E-state index contributed by atoms with van der Waals surface area (Å²) in [6, 6.07) is 1.56. The van der Waals surface area contributed by atoms with E-state index in [1.54, 1.807) is 12.3 Å². The van der Waals surface area contributed by atoms with E-state index >= 15 is 0 Å². The van der Waals surface area contributed by atoms with Crippen molar-refractivity contribution in [2.24, 2.45) is 23.5 Å². The van der Waals surface area contributed by atoms with Crippen LogP contribution in [0, 0.1) is 23.6 Å². The Labute approximate surface area is 109 Å². The van der Waals surface area contributed by atoms with Gasteiger partial charge in [-0.25, -0.2) is 4.39 Å². The Morgan fingerprint density at radius 3 is 2.72 bits per heavy atom. The molecule has 2 rings (SSSR count). The molecule has 1 aliphatic carbocycles. The van der Waals surface area contributed by atoms with Crippen LogP contribution in [0.2, 0.25) is 0 Å². The van der Waals surface area contributed by atoms with Crippen molar-refractivity contribution >= 4 is 0 Å². The molecule has 100 valence electrons. The third-order valence-corrected chi connectivity index (χ3v) is 4.37. The number of nitrogens with zero attached hydrogens (tertiary/aromatic N) is 1. The lowest BCUT2D eigenvalue weighted by Gasteiger charge is -2.46. The van der Waals surface area contributed by atoms with Gasteiger partial charge in [0.25, 0.3) is 0 Å². The minimum Gasteiger partial charge on any atom is -0.321 e. The van der Waals surface area contributed by atoms with Crippen LogP contribution in [0.3, 0.4) is 0 Å². The molecular weight excluding hydrogens is 227 g/mol. The molecule has 0 bridgehead atoms. The highest BCUT2D eigenvalue weighted by Crippen LogP contribution is 2.45. The maximum absolute atomic E-state index is 13.4. The van der Waals surface area contributed by atoms with Gasteiger partial charge in [-0.1, -0.05) is 27.2 Å². The Kier molecular flexibility index (Phi) is 3.71. The van der Waals surface area contributed by atoms with Gasteiger partial charge in [-0.15, -0.1) is 0 Å². The molecule has 2 N–H and O–H groups in total. The summed E-state index contributed by atoms with van der Waals surface area (Å²) >= 11 is 0. The third kappa shape index (κ3) is 2.41. The molecule has 0 amide bonds. The van der Waals surface area contributed by atoms with Gasteiger partial charge < -0.3 is 5.73 Å². The first kappa shape index (κ1) is 13.5. The van der Waals surface area contributed by atoms with Crippen LogP contribution in [-0.4, -0.2) is 4.98 Å². The second-order valence-corrected chi connectivity index (χ2v) is 6.17. The number of nitrogens with two attached hydrogens (primary N) is 1. The number of halogens is 1. The SMILES string of the molecule is CC1CCC(C(C)C)C(N)(c2cncc(F)c2)C1. The van der Waals surface area contributed by atoms with Crippen LogP contribution in [0.5, 0.6) is 0 Å². The summed E-state index contributed by atoms with van der Waals surface area (Å²) in [5.74, 6) is 1.20. The average Bonchev–Trinajstić information content (AvgIpc) is 2.28. The van der Waals surface area contributed by atoms with E-state index < -0.39 is 5.54 Å². The van der Waals surface area contributed by atoms with Crippen molar-refractivity contribution in [2.45, 2.75) is 45.6 Å². The maximum Gasteiger partial charge on any atom is 0.141 e. The molecule has 0 radical (unpaired) electrons. The highest BCUT2D eigenvalue weighted by atomic mass is 19.1. The van der Waals surface area contributed by atoms with Gasteiger partial charge in [-0.05, 0) is 42.2 Å². The molecule has 3 unspecified atom stereocenters. The molecule has 1 aromatic rings. The molecule has 0 aromatic carbocycles. The van der Waals surface area contributed by atoms with E-state index in [2.05, 4.69) is 25.8 Å². The number of pyridine rings is 1. The van der Waals surface area contributed by atoms with Gasteiger partial charge >= 0.3 is 0 Å². The fourth-order valence-electron chi connectivity index (χ4n) is 3.48. The number of rotatable bonds is 2. The molecule has 0 spiro atoms. The van der Waals surface area contributed by atoms with Crippen molar-refractivity contribution in [2.75, 3.05) is 0 Å². The largest absolute Gasteiger partial charge is 0.321 e. The van der Waals surface area contributed by atoms with Crippen LogP contribution in [0.1, 0.15) is 45.6 Å². The monoisotopic (exact) mass is 250 g/mol. The Morgan fingerprint density at radius 2 is 2.11 bits per heavy atom. The van der Waals surface area contributed by atoms with Crippen LogP contribution >= 0.6 is 0 Å². The normalized spacial score (nSPS) is 32.8. The average molecular weight is 250 g/mol. The third-order valence-electron chi connectivity index (χ3n) is 4.37. The van der Waals surface area contributed by atoms with Crippen molar-refractivity contribution in [3.8, 4) is 0 Å². The van der Waals surface area contributed by atoms with Crippen molar-refractivity contribution in [1.29, 1.82) is 0 Å². The van der Waals surface area contributed by atoms with Gasteiger partial charge in [-0.3, -0.25) is 4.98 Å². The molecule has 0 saturated heterocycles. The van der Waals surface area contributed by atoms with E-state index in [0.29, 0.717) is 17.8 Å². The molecule has 18 heavy (non-hydrogen) atoms. The maximum atomic E-state index is 13.4. The summed E-state index contributed by atoms with van der Waals surface area (Å²) in [5, 5.41) is 0. The zero-order valence-corrected chi connectivity index (χ0v) is 11.5. The van der Waals surface area contributed by atoms with Gasteiger partial charge in [-0.2, -0.15) is 0 Å². The zero-order valence-electron chi connectivity index (χ0n) is 11.5. The van der Waals surface area contributed by atoms with E-state index in [4.69, 9.17) is 5.73 Å². The fraction of sp³-hybridized carbons (Fsp3) is 0.667. The first-order valence-electron chi connectivity index (χ1n) is 6.83. The highest BCUT2D eigenvalue weighted by molar-refractivity contribution is 5.23. The minimum absolute atomic E-state index is 0.293. The highest BCUT2D eigenvalue weighted by Gasteiger charge is 2.42. The van der Waals surface area contributed by atoms with Crippen molar-refractivity contribution < 1.29 is 4.39 Å². The van der Waals surface area contributed by atoms with E-state index in [1.165, 1.54) is 12.6 Å². The Bertz CT molecular complexity index is 419. The summed E-state index contributed by atoms with van der Waals surface area (Å²) in [6.07, 6.45) is 6.22. The fourth-order valence-corrected chi connectivity index (χ4v) is 3.48. The minimum atomic E-state index is -0.430. The standard InChI is InChI=1S/C15H23FN2/c1-10(2)14-5-4-11(3)7-15(14,17)12-6-13(16)9-18-8-12/h6,8-11,14H,4-5,7,17H2,1-3H3. The van der Waals surface area contributed by atoms with Crippen LogP contribution in [-0.2, 0) is 5.54 Å². The summed E-state index contributed by atoms with van der Waals surface area (Å²) in [4.78, 5) is 3.97. The molecule has 1 saturated carbocycles. The zero-order chi connectivity index (χ0) is 13.3. The van der Waals surface area contributed by atoms with Crippen LogP contribution in [0.15, 0.2) is 18.5 Å². The first-order chi connectivity index (χ1) is 8.43. The molecule has 0 aliphatic heterocycles. The number of aromatic nitrogens is 1. The van der Waals surface area contributed by atoms with Crippen molar-refractivity contribution in [3.63, 3.8) is 0 Å². The summed E-state index contributed by atoms with van der Waals surface area (Å²) in [7, 11) is 0. The smallest absolute Gasteiger partial charge is 0.141 e. The summed E-state index contributed by atoms with van der Waals surface area (Å²) in [5.41, 5.74) is 7.10. The topological polar surface area (TPSA) is 38.9 Å². The van der Waals surface area contributed by atoms with Gasteiger partial charge in [0.2, 0.25) is 0 Å². The van der Waals surface area contributed by atoms with Crippen molar-refractivity contribution in [3.05, 3.63) is 29.8 Å². The number of hydrogen-bond donors (Lipinski definition) is 1. The molecular formula is C15H23FN2. The molecule has 3 heteroatoms. The Balaban J connectivity index is 2.40. The van der Waals surface area contributed by atoms with Gasteiger partial charge in [0.05, 0.1) is 6.20 Å². The summed E-state index contributed by atoms with van der Waals surface area (Å²) < 4.78 is 13.4. The van der Waals surface area contributed by atoms with Gasteiger partial charge in [0.15, 0.2) is 0 Å². The van der Waals surface area contributed by atoms with E-state index in [0.717, 1.165) is 18.4 Å². The molecule has 1 fully saturated rings. The van der Waals surface area contributed by atoms with E-state index in [1.807, 2.05) is 0 Å².